The molecule has 0 aliphatic heterocycles. The van der Waals surface area contributed by atoms with Gasteiger partial charge in [0.1, 0.15) is 5.78 Å². The lowest BCUT2D eigenvalue weighted by Crippen LogP contribution is -2.39. The van der Waals surface area contributed by atoms with Crippen LogP contribution in [-0.4, -0.2) is 30.6 Å². The van der Waals surface area contributed by atoms with Gasteiger partial charge in [-0.2, -0.15) is 0 Å². The lowest BCUT2D eigenvalue weighted by atomic mass is 9.65. The lowest BCUT2D eigenvalue weighted by Gasteiger charge is -2.37. The molecule has 0 amide bonds. The fourth-order valence-corrected chi connectivity index (χ4v) is 2.66. The molecule has 0 heterocycles. The Morgan fingerprint density at radius 1 is 1.59 bits per heavy atom. The topological polar surface area (TPSA) is 63.6 Å². The molecule has 0 bridgehead atoms. The van der Waals surface area contributed by atoms with Crippen LogP contribution >= 0.6 is 0 Å². The molecular weight excluding hydrogens is 220 g/mol. The highest BCUT2D eigenvalue weighted by atomic mass is 16.5. The molecule has 98 valence electrons. The molecular formula is C13H22O4. The van der Waals surface area contributed by atoms with Crippen molar-refractivity contribution in [2.24, 2.45) is 11.3 Å². The summed E-state index contributed by atoms with van der Waals surface area (Å²) in [7, 11) is 1.35. The Morgan fingerprint density at radius 2 is 2.29 bits per heavy atom. The molecule has 1 N–H and O–H groups in total. The van der Waals surface area contributed by atoms with Gasteiger partial charge in [-0.15, -0.1) is 0 Å². The zero-order chi connectivity index (χ0) is 12.9. The van der Waals surface area contributed by atoms with Gasteiger partial charge in [0.2, 0.25) is 0 Å². The number of ether oxygens (including phenoxy) is 1. The Hall–Kier alpha value is -0.900. The molecule has 0 aromatic rings. The van der Waals surface area contributed by atoms with Gasteiger partial charge in [-0.25, -0.2) is 0 Å². The first-order valence-corrected chi connectivity index (χ1v) is 6.29. The van der Waals surface area contributed by atoms with Crippen molar-refractivity contribution in [3.05, 3.63) is 0 Å². The Labute approximate surface area is 102 Å². The molecule has 1 aliphatic rings. The molecule has 1 aliphatic carbocycles. The number of methoxy groups -OCH3 is 1. The lowest BCUT2D eigenvalue weighted by molar-refractivity contribution is -0.149. The minimum absolute atomic E-state index is 0.133. The second kappa shape index (κ2) is 6.15. The predicted molar refractivity (Wildman–Crippen MR) is 63.4 cm³/mol. The largest absolute Gasteiger partial charge is 0.469 e. The van der Waals surface area contributed by atoms with Crippen LogP contribution < -0.4 is 0 Å². The molecule has 1 fully saturated rings. The minimum Gasteiger partial charge on any atom is -0.469 e. The molecule has 4 heteroatoms. The summed E-state index contributed by atoms with van der Waals surface area (Å²) >= 11 is 0. The van der Waals surface area contributed by atoms with Crippen LogP contribution in [0.25, 0.3) is 0 Å². The van der Waals surface area contributed by atoms with E-state index in [1.54, 1.807) is 0 Å². The van der Waals surface area contributed by atoms with E-state index >= 15 is 0 Å². The minimum atomic E-state index is -0.515. The summed E-state index contributed by atoms with van der Waals surface area (Å²) in [6.07, 6.45) is 3.71. The third-order valence-electron chi connectivity index (χ3n) is 4.02. The van der Waals surface area contributed by atoms with Crippen LogP contribution in [0.15, 0.2) is 0 Å². The molecule has 0 saturated heterocycles. The van der Waals surface area contributed by atoms with Gasteiger partial charge in [0.25, 0.3) is 0 Å². The number of carbonyl (C=O) groups is 2. The van der Waals surface area contributed by atoms with E-state index in [0.29, 0.717) is 19.3 Å². The zero-order valence-electron chi connectivity index (χ0n) is 10.7. The highest BCUT2D eigenvalue weighted by Gasteiger charge is 2.42. The Morgan fingerprint density at radius 3 is 2.76 bits per heavy atom. The standard InChI is InChI=1S/C13H22O4/c1-3-13(9-12(16)17-2)6-4-10(5-7-14)8-11(13)15/h10,14H,3-9H2,1-2H3/t10-,13+/m0/s1. The Kier molecular flexibility index (Phi) is 5.12. The van der Waals surface area contributed by atoms with Crippen molar-refractivity contribution in [2.45, 2.75) is 45.4 Å². The van der Waals surface area contributed by atoms with Gasteiger partial charge in [-0.05, 0) is 31.6 Å². The van der Waals surface area contributed by atoms with E-state index in [9.17, 15) is 9.59 Å². The van der Waals surface area contributed by atoms with Crippen molar-refractivity contribution < 1.29 is 19.4 Å². The summed E-state index contributed by atoms with van der Waals surface area (Å²) in [4.78, 5) is 23.6. The maximum Gasteiger partial charge on any atom is 0.306 e. The van der Waals surface area contributed by atoms with Crippen molar-refractivity contribution in [2.75, 3.05) is 13.7 Å². The number of aliphatic hydroxyl groups is 1. The summed E-state index contributed by atoms with van der Waals surface area (Å²) in [6.45, 7) is 2.08. The summed E-state index contributed by atoms with van der Waals surface area (Å²) in [5.41, 5.74) is -0.515. The number of Topliss-reactive ketones (excluding diaryl/α,β-unsaturated/α-hetero) is 1. The van der Waals surface area contributed by atoms with Crippen LogP contribution in [0, 0.1) is 11.3 Å². The van der Waals surface area contributed by atoms with Crippen LogP contribution in [0.5, 0.6) is 0 Å². The molecule has 17 heavy (non-hydrogen) atoms. The smallest absolute Gasteiger partial charge is 0.306 e. The zero-order valence-corrected chi connectivity index (χ0v) is 10.7. The molecule has 4 nitrogen and oxygen atoms in total. The van der Waals surface area contributed by atoms with E-state index in [0.717, 1.165) is 12.8 Å². The maximum absolute atomic E-state index is 12.2. The van der Waals surface area contributed by atoms with Gasteiger partial charge < -0.3 is 9.84 Å². The normalized spacial score (nSPS) is 29.1. The van der Waals surface area contributed by atoms with Crippen LogP contribution in [0.2, 0.25) is 0 Å². The molecule has 1 rings (SSSR count). The Balaban J connectivity index is 2.68. The molecule has 1 saturated carbocycles. The van der Waals surface area contributed by atoms with Crippen molar-refractivity contribution in [1.82, 2.24) is 0 Å². The number of carbonyl (C=O) groups excluding carboxylic acids is 2. The second-order valence-corrected chi connectivity index (χ2v) is 4.93. The highest BCUT2D eigenvalue weighted by molar-refractivity contribution is 5.89. The van der Waals surface area contributed by atoms with E-state index in [4.69, 9.17) is 5.11 Å². The van der Waals surface area contributed by atoms with E-state index in [1.165, 1.54) is 7.11 Å². The third-order valence-corrected chi connectivity index (χ3v) is 4.02. The fourth-order valence-electron chi connectivity index (χ4n) is 2.66. The van der Waals surface area contributed by atoms with Gasteiger partial charge in [-0.3, -0.25) is 9.59 Å². The average Bonchev–Trinajstić information content (AvgIpc) is 2.33. The molecule has 0 radical (unpaired) electrons. The summed E-state index contributed by atoms with van der Waals surface area (Å²) in [6, 6.07) is 0. The van der Waals surface area contributed by atoms with E-state index in [2.05, 4.69) is 4.74 Å². The van der Waals surface area contributed by atoms with Crippen LogP contribution in [-0.2, 0) is 14.3 Å². The van der Waals surface area contributed by atoms with Gasteiger partial charge >= 0.3 is 5.97 Å². The van der Waals surface area contributed by atoms with Gasteiger partial charge in [-0.1, -0.05) is 6.92 Å². The molecule has 0 unspecified atom stereocenters. The molecule has 2 atom stereocenters. The summed E-state index contributed by atoms with van der Waals surface area (Å²) in [5.74, 6) is 0.140. The highest BCUT2D eigenvalue weighted by Crippen LogP contribution is 2.42. The van der Waals surface area contributed by atoms with Crippen molar-refractivity contribution in [3.63, 3.8) is 0 Å². The van der Waals surface area contributed by atoms with E-state index < -0.39 is 5.41 Å². The quantitative estimate of drug-likeness (QED) is 0.745. The monoisotopic (exact) mass is 242 g/mol. The van der Waals surface area contributed by atoms with Crippen molar-refractivity contribution >= 4 is 11.8 Å². The first kappa shape index (κ1) is 14.2. The van der Waals surface area contributed by atoms with Crippen LogP contribution in [0.4, 0.5) is 0 Å². The SMILES string of the molecule is CC[C@]1(CC(=O)OC)CC[C@@H](CCO)CC1=O. The van der Waals surface area contributed by atoms with Gasteiger partial charge in [0.15, 0.2) is 0 Å². The van der Waals surface area contributed by atoms with Crippen LogP contribution in [0.3, 0.4) is 0 Å². The van der Waals surface area contributed by atoms with Crippen molar-refractivity contribution in [3.8, 4) is 0 Å². The summed E-state index contributed by atoms with van der Waals surface area (Å²) < 4.78 is 4.67. The number of rotatable bonds is 5. The van der Waals surface area contributed by atoms with Gasteiger partial charge in [0.05, 0.1) is 13.5 Å². The van der Waals surface area contributed by atoms with E-state index in [1.807, 2.05) is 6.92 Å². The van der Waals surface area contributed by atoms with Crippen molar-refractivity contribution in [1.29, 1.82) is 0 Å². The van der Waals surface area contributed by atoms with Gasteiger partial charge in [0, 0.05) is 18.4 Å². The molecule has 0 aromatic carbocycles. The number of esters is 1. The van der Waals surface area contributed by atoms with E-state index in [-0.39, 0.29) is 30.7 Å². The summed E-state index contributed by atoms with van der Waals surface area (Å²) in [5, 5.41) is 8.89. The third kappa shape index (κ3) is 3.28. The first-order valence-electron chi connectivity index (χ1n) is 6.29. The number of hydrogen-bond acceptors (Lipinski definition) is 4. The Bertz CT molecular complexity index is 287. The molecule has 0 spiro atoms. The average molecular weight is 242 g/mol. The second-order valence-electron chi connectivity index (χ2n) is 4.93. The number of ketones is 1. The number of hydrogen-bond donors (Lipinski definition) is 1. The first-order chi connectivity index (χ1) is 8.07. The van der Waals surface area contributed by atoms with Crippen LogP contribution in [0.1, 0.15) is 45.4 Å². The fraction of sp³-hybridized carbons (Fsp3) is 0.846. The maximum atomic E-state index is 12.2. The number of aliphatic hydroxyl groups excluding tert-OH is 1. The molecule has 0 aromatic heterocycles. The predicted octanol–water partition coefficient (Wildman–Crippen LogP) is 1.70.